The van der Waals surface area contributed by atoms with Crippen molar-refractivity contribution in [2.24, 2.45) is 5.92 Å². The highest BCUT2D eigenvalue weighted by Crippen LogP contribution is 2.28. The zero-order chi connectivity index (χ0) is 17.1. The Hall–Kier alpha value is -1.34. The maximum atomic E-state index is 12.1. The normalized spacial score (nSPS) is 30.0. The van der Waals surface area contributed by atoms with E-state index < -0.39 is 0 Å². The average molecular weight is 339 g/mol. The highest BCUT2D eigenvalue weighted by Gasteiger charge is 2.39. The van der Waals surface area contributed by atoms with Crippen LogP contribution in [0.5, 0.6) is 0 Å². The van der Waals surface area contributed by atoms with Gasteiger partial charge in [-0.2, -0.15) is 0 Å². The lowest BCUT2D eigenvalue weighted by Crippen LogP contribution is -2.57. The summed E-state index contributed by atoms with van der Waals surface area (Å²) in [6.45, 7) is 6.64. The summed E-state index contributed by atoms with van der Waals surface area (Å²) in [6.07, 6.45) is 2.83. The lowest BCUT2D eigenvalue weighted by molar-refractivity contribution is -0.135. The molecule has 3 aliphatic rings. The number of likely N-dealkylation sites (tertiary alicyclic amines) is 2. The minimum atomic E-state index is -0.194. The van der Waals surface area contributed by atoms with Crippen molar-refractivity contribution in [3.05, 3.63) is 0 Å². The monoisotopic (exact) mass is 339 g/mol. The highest BCUT2D eigenvalue weighted by molar-refractivity contribution is 5.77. The minimum Gasteiger partial charge on any atom is -0.450 e. The zero-order valence-corrected chi connectivity index (χ0v) is 14.8. The van der Waals surface area contributed by atoms with Crippen molar-refractivity contribution >= 4 is 12.0 Å². The first-order valence-corrected chi connectivity index (χ1v) is 9.09. The van der Waals surface area contributed by atoms with Gasteiger partial charge in [-0.25, -0.2) is 4.79 Å². The Kier molecular flexibility index (Phi) is 5.61. The van der Waals surface area contributed by atoms with E-state index in [-0.39, 0.29) is 24.6 Å². The molecule has 3 saturated heterocycles. The van der Waals surface area contributed by atoms with E-state index in [9.17, 15) is 9.59 Å². The first kappa shape index (κ1) is 17.5. The van der Waals surface area contributed by atoms with Gasteiger partial charge in [-0.15, -0.1) is 0 Å². The predicted molar refractivity (Wildman–Crippen MR) is 88.7 cm³/mol. The molecule has 3 heterocycles. The molecule has 0 unspecified atom stereocenters. The Morgan fingerprint density at radius 1 is 1.25 bits per heavy atom. The number of nitrogens with zero attached hydrogens (tertiary/aromatic N) is 3. The van der Waals surface area contributed by atoms with Crippen molar-refractivity contribution < 1.29 is 19.1 Å². The number of hydrogen-bond acceptors (Lipinski definition) is 5. The van der Waals surface area contributed by atoms with Crippen LogP contribution >= 0.6 is 0 Å². The summed E-state index contributed by atoms with van der Waals surface area (Å²) >= 11 is 0. The molecule has 0 radical (unpaired) electrons. The molecular formula is C17H29N3O4. The Morgan fingerprint density at radius 3 is 2.71 bits per heavy atom. The number of carbonyl (C=O) groups is 2. The fourth-order valence-electron chi connectivity index (χ4n) is 4.18. The van der Waals surface area contributed by atoms with Gasteiger partial charge in [-0.3, -0.25) is 9.69 Å². The lowest BCUT2D eigenvalue weighted by atomic mass is 9.89. The number of likely N-dealkylation sites (N-methyl/N-ethyl adjacent to an activating group) is 1. The molecule has 0 aromatic heterocycles. The molecule has 3 aliphatic heterocycles. The van der Waals surface area contributed by atoms with Crippen LogP contribution in [0.4, 0.5) is 4.79 Å². The largest absolute Gasteiger partial charge is 0.450 e. The van der Waals surface area contributed by atoms with Gasteiger partial charge in [0.15, 0.2) is 0 Å². The number of hydrogen-bond donors (Lipinski definition) is 0. The third-order valence-electron chi connectivity index (χ3n) is 5.71. The standard InChI is InChI=1S/C17H29N3O4/c1-3-24-17(22)19-8-5-14(6-9-19)20-7-4-13-11-23-12-16(21)18(2)15(13)10-20/h13-15H,3-12H2,1-2H3/t13-,15-/m0/s1. The summed E-state index contributed by atoms with van der Waals surface area (Å²) in [7, 11) is 1.90. The number of rotatable bonds is 2. The van der Waals surface area contributed by atoms with Crippen LogP contribution in [0.1, 0.15) is 26.2 Å². The molecule has 2 atom stereocenters. The van der Waals surface area contributed by atoms with Gasteiger partial charge in [0.25, 0.3) is 0 Å². The Balaban J connectivity index is 1.55. The zero-order valence-electron chi connectivity index (χ0n) is 14.8. The van der Waals surface area contributed by atoms with E-state index in [1.165, 1.54) is 0 Å². The molecule has 0 aromatic rings. The summed E-state index contributed by atoms with van der Waals surface area (Å²) in [6, 6.07) is 0.737. The van der Waals surface area contributed by atoms with Crippen molar-refractivity contribution in [3.63, 3.8) is 0 Å². The van der Waals surface area contributed by atoms with Crippen LogP contribution in [0, 0.1) is 5.92 Å². The Labute approximate surface area is 143 Å². The first-order valence-electron chi connectivity index (χ1n) is 9.09. The molecule has 0 aliphatic carbocycles. The molecule has 3 rings (SSSR count). The van der Waals surface area contributed by atoms with Gasteiger partial charge >= 0.3 is 6.09 Å². The van der Waals surface area contributed by atoms with Crippen LogP contribution in [-0.4, -0.2) is 91.8 Å². The van der Waals surface area contributed by atoms with Crippen LogP contribution in [0.25, 0.3) is 0 Å². The predicted octanol–water partition coefficient (Wildman–Crippen LogP) is 0.786. The van der Waals surface area contributed by atoms with Gasteiger partial charge in [0.05, 0.1) is 13.2 Å². The van der Waals surface area contributed by atoms with Crippen molar-refractivity contribution in [2.75, 3.05) is 53.0 Å². The molecule has 2 amide bonds. The van der Waals surface area contributed by atoms with Crippen molar-refractivity contribution in [1.82, 2.24) is 14.7 Å². The fraction of sp³-hybridized carbons (Fsp3) is 0.882. The molecule has 0 N–H and O–H groups in total. The highest BCUT2D eigenvalue weighted by atomic mass is 16.6. The smallest absolute Gasteiger partial charge is 0.409 e. The lowest BCUT2D eigenvalue weighted by Gasteiger charge is -2.46. The number of piperidine rings is 2. The van der Waals surface area contributed by atoms with Crippen molar-refractivity contribution in [2.45, 2.75) is 38.3 Å². The van der Waals surface area contributed by atoms with E-state index in [0.717, 1.165) is 45.4 Å². The van der Waals surface area contributed by atoms with E-state index in [4.69, 9.17) is 9.47 Å². The third kappa shape index (κ3) is 3.67. The van der Waals surface area contributed by atoms with Gasteiger partial charge in [0.1, 0.15) is 6.61 Å². The van der Waals surface area contributed by atoms with Crippen LogP contribution in [0.2, 0.25) is 0 Å². The van der Waals surface area contributed by atoms with Crippen LogP contribution < -0.4 is 0 Å². The number of fused-ring (bicyclic) bond motifs is 1. The van der Waals surface area contributed by atoms with Crippen LogP contribution in [0.3, 0.4) is 0 Å². The Bertz CT molecular complexity index is 465. The third-order valence-corrected chi connectivity index (χ3v) is 5.71. The van der Waals surface area contributed by atoms with Gasteiger partial charge < -0.3 is 19.3 Å². The Morgan fingerprint density at radius 2 is 2.00 bits per heavy atom. The molecular weight excluding hydrogens is 310 g/mol. The molecule has 7 heteroatoms. The molecule has 3 fully saturated rings. The summed E-state index contributed by atoms with van der Waals surface area (Å²) in [5, 5.41) is 0. The number of amides is 2. The summed E-state index contributed by atoms with van der Waals surface area (Å²) in [5.41, 5.74) is 0. The number of carbonyl (C=O) groups excluding carboxylic acids is 2. The maximum Gasteiger partial charge on any atom is 0.409 e. The van der Waals surface area contributed by atoms with Gasteiger partial charge in [-0.05, 0) is 32.7 Å². The van der Waals surface area contributed by atoms with Crippen LogP contribution in [-0.2, 0) is 14.3 Å². The molecule has 7 nitrogen and oxygen atoms in total. The van der Waals surface area contributed by atoms with E-state index in [0.29, 0.717) is 25.2 Å². The molecule has 0 aromatic carbocycles. The first-order chi connectivity index (χ1) is 11.6. The van der Waals surface area contributed by atoms with Gasteiger partial charge in [0.2, 0.25) is 5.91 Å². The van der Waals surface area contributed by atoms with E-state index in [2.05, 4.69) is 4.90 Å². The van der Waals surface area contributed by atoms with Gasteiger partial charge in [0, 0.05) is 44.7 Å². The van der Waals surface area contributed by atoms with E-state index in [1.807, 2.05) is 23.8 Å². The quantitative estimate of drug-likeness (QED) is 0.744. The second-order valence-electron chi connectivity index (χ2n) is 7.05. The summed E-state index contributed by atoms with van der Waals surface area (Å²) < 4.78 is 10.6. The SMILES string of the molecule is CCOC(=O)N1CCC(N2CC[C@H]3COCC(=O)N(C)[C@H]3C2)CC1. The van der Waals surface area contributed by atoms with Crippen molar-refractivity contribution in [3.8, 4) is 0 Å². The molecule has 0 spiro atoms. The van der Waals surface area contributed by atoms with Crippen molar-refractivity contribution in [1.29, 1.82) is 0 Å². The maximum absolute atomic E-state index is 12.1. The second kappa shape index (κ2) is 7.70. The van der Waals surface area contributed by atoms with Gasteiger partial charge in [-0.1, -0.05) is 0 Å². The number of ether oxygens (including phenoxy) is 2. The minimum absolute atomic E-state index is 0.0847. The molecule has 0 bridgehead atoms. The van der Waals surface area contributed by atoms with E-state index >= 15 is 0 Å². The van der Waals surface area contributed by atoms with Crippen LogP contribution in [0.15, 0.2) is 0 Å². The molecule has 24 heavy (non-hydrogen) atoms. The average Bonchev–Trinajstić information content (AvgIpc) is 2.74. The summed E-state index contributed by atoms with van der Waals surface area (Å²) in [4.78, 5) is 30.1. The van der Waals surface area contributed by atoms with E-state index in [1.54, 1.807) is 0 Å². The fourth-order valence-corrected chi connectivity index (χ4v) is 4.18. The topological polar surface area (TPSA) is 62.3 Å². The molecule has 0 saturated carbocycles. The second-order valence-corrected chi connectivity index (χ2v) is 7.05. The summed E-state index contributed by atoms with van der Waals surface area (Å²) in [5.74, 6) is 0.527. The molecule has 136 valence electrons.